The molecule has 0 N–H and O–H groups in total. The summed E-state index contributed by atoms with van der Waals surface area (Å²) in [7, 11) is 0. The Kier molecular flexibility index (Phi) is 6.18. The van der Waals surface area contributed by atoms with Crippen LogP contribution in [0.4, 0.5) is 4.79 Å². The molecule has 1 unspecified atom stereocenters. The second-order valence-electron chi connectivity index (χ2n) is 7.29. The average molecular weight is 329 g/mol. The minimum atomic E-state index is -0.474. The van der Waals surface area contributed by atoms with E-state index in [1.165, 1.54) is 5.56 Å². The number of hydrogen-bond donors (Lipinski definition) is 0. The van der Waals surface area contributed by atoms with E-state index in [1.54, 1.807) is 11.0 Å². The summed E-state index contributed by atoms with van der Waals surface area (Å²) in [5.74, 6) is 0.368. The third-order valence-electron chi connectivity index (χ3n) is 3.93. The number of ketones is 1. The van der Waals surface area contributed by atoms with Crippen molar-refractivity contribution < 1.29 is 14.3 Å². The number of carbonyl (C=O) groups excluding carboxylic acids is 2. The van der Waals surface area contributed by atoms with Crippen LogP contribution in [0.3, 0.4) is 0 Å². The van der Waals surface area contributed by atoms with Crippen LogP contribution in [0.25, 0.3) is 0 Å². The number of ether oxygens (including phenoxy) is 1. The third-order valence-corrected chi connectivity index (χ3v) is 3.93. The highest BCUT2D eigenvalue weighted by atomic mass is 16.6. The van der Waals surface area contributed by atoms with E-state index in [-0.39, 0.29) is 17.8 Å². The summed E-state index contributed by atoms with van der Waals surface area (Å²) in [6.07, 6.45) is 5.50. The van der Waals surface area contributed by atoms with Crippen molar-refractivity contribution >= 4 is 11.9 Å². The molecule has 1 aliphatic heterocycles. The topological polar surface area (TPSA) is 46.6 Å². The predicted molar refractivity (Wildman–Crippen MR) is 94.8 cm³/mol. The second-order valence-corrected chi connectivity index (χ2v) is 7.29. The highest BCUT2D eigenvalue weighted by Gasteiger charge is 2.28. The van der Waals surface area contributed by atoms with Gasteiger partial charge in [-0.05, 0) is 51.2 Å². The Balaban J connectivity index is 1.75. The molecule has 1 aliphatic rings. The van der Waals surface area contributed by atoms with Crippen LogP contribution < -0.4 is 0 Å². The molecule has 0 aliphatic carbocycles. The largest absolute Gasteiger partial charge is 0.444 e. The van der Waals surface area contributed by atoms with Crippen LogP contribution in [0.5, 0.6) is 0 Å². The van der Waals surface area contributed by atoms with Gasteiger partial charge in [0.05, 0.1) is 0 Å². The SMILES string of the molecule is CC(C)(C)OC(=O)N1CCC(/C=C/C(=O)CCc2ccccc2)C1. The molecule has 1 saturated heterocycles. The van der Waals surface area contributed by atoms with E-state index in [2.05, 4.69) is 0 Å². The molecule has 1 aromatic rings. The molecule has 1 heterocycles. The zero-order chi connectivity index (χ0) is 17.6. The van der Waals surface area contributed by atoms with Gasteiger partial charge in [-0.1, -0.05) is 36.4 Å². The minimum Gasteiger partial charge on any atom is -0.444 e. The van der Waals surface area contributed by atoms with Crippen LogP contribution in [0.2, 0.25) is 0 Å². The van der Waals surface area contributed by atoms with E-state index < -0.39 is 5.60 Å². The number of allylic oxidation sites excluding steroid dienone is 1. The monoisotopic (exact) mass is 329 g/mol. The number of nitrogens with zero attached hydrogens (tertiary/aromatic N) is 1. The van der Waals surface area contributed by atoms with Crippen LogP contribution in [0.15, 0.2) is 42.5 Å². The first kappa shape index (κ1) is 18.2. The van der Waals surface area contributed by atoms with E-state index in [1.807, 2.05) is 57.2 Å². The van der Waals surface area contributed by atoms with Gasteiger partial charge in [-0.15, -0.1) is 0 Å². The van der Waals surface area contributed by atoms with Crippen LogP contribution in [-0.4, -0.2) is 35.5 Å². The lowest BCUT2D eigenvalue weighted by Gasteiger charge is -2.24. The van der Waals surface area contributed by atoms with Crippen LogP contribution in [0.1, 0.15) is 39.2 Å². The lowest BCUT2D eigenvalue weighted by atomic mass is 10.0. The lowest BCUT2D eigenvalue weighted by Crippen LogP contribution is -2.35. The standard InChI is InChI=1S/C20H27NO3/c1-20(2,3)24-19(23)21-14-13-17(15-21)10-12-18(22)11-9-16-7-5-4-6-8-16/h4-8,10,12,17H,9,11,13-15H2,1-3H3/b12-10+. The molecule has 2 rings (SSSR count). The molecule has 0 spiro atoms. The van der Waals surface area contributed by atoms with Crippen molar-refractivity contribution in [2.24, 2.45) is 5.92 Å². The van der Waals surface area contributed by atoms with Crippen LogP contribution >= 0.6 is 0 Å². The van der Waals surface area contributed by atoms with E-state index in [4.69, 9.17) is 4.74 Å². The summed E-state index contributed by atoms with van der Waals surface area (Å²) in [5, 5.41) is 0. The van der Waals surface area contributed by atoms with E-state index in [0.717, 1.165) is 12.8 Å². The zero-order valence-electron chi connectivity index (χ0n) is 14.8. The first-order valence-corrected chi connectivity index (χ1v) is 8.56. The molecule has 0 bridgehead atoms. The molecule has 1 atom stereocenters. The Labute approximate surface area is 144 Å². The van der Waals surface area contributed by atoms with E-state index >= 15 is 0 Å². The summed E-state index contributed by atoms with van der Waals surface area (Å²) in [5.41, 5.74) is 0.703. The molecule has 0 aromatic heterocycles. The van der Waals surface area contributed by atoms with Gasteiger partial charge in [0.15, 0.2) is 5.78 Å². The molecule has 0 radical (unpaired) electrons. The number of amides is 1. The Bertz CT molecular complexity index is 587. The van der Waals surface area contributed by atoms with Crippen LogP contribution in [0, 0.1) is 5.92 Å². The molecular formula is C20H27NO3. The Hall–Kier alpha value is -2.10. The average Bonchev–Trinajstić information content (AvgIpc) is 2.99. The van der Waals surface area contributed by atoms with Gasteiger partial charge in [0.2, 0.25) is 0 Å². The highest BCUT2D eigenvalue weighted by molar-refractivity contribution is 5.89. The molecule has 1 amide bonds. The second kappa shape index (κ2) is 8.13. The first-order valence-electron chi connectivity index (χ1n) is 8.56. The molecular weight excluding hydrogens is 302 g/mol. The molecule has 130 valence electrons. The van der Waals surface area contributed by atoms with Gasteiger partial charge in [-0.2, -0.15) is 0 Å². The number of likely N-dealkylation sites (tertiary alicyclic amines) is 1. The maximum Gasteiger partial charge on any atom is 0.410 e. The summed E-state index contributed by atoms with van der Waals surface area (Å²) >= 11 is 0. The number of rotatable bonds is 5. The van der Waals surface area contributed by atoms with Gasteiger partial charge in [-0.25, -0.2) is 4.79 Å². The Morgan fingerprint density at radius 2 is 1.96 bits per heavy atom. The fourth-order valence-corrected chi connectivity index (χ4v) is 2.68. The third kappa shape index (κ3) is 6.19. The van der Waals surface area contributed by atoms with Gasteiger partial charge >= 0.3 is 6.09 Å². The fourth-order valence-electron chi connectivity index (χ4n) is 2.68. The number of aryl methyl sites for hydroxylation is 1. The predicted octanol–water partition coefficient (Wildman–Crippen LogP) is 4.00. The van der Waals surface area contributed by atoms with Crippen LogP contribution in [-0.2, 0) is 16.0 Å². The quantitative estimate of drug-likeness (QED) is 0.767. The van der Waals surface area contributed by atoms with Gasteiger partial charge in [-0.3, -0.25) is 4.79 Å². The van der Waals surface area contributed by atoms with Gasteiger partial charge in [0.1, 0.15) is 5.60 Å². The van der Waals surface area contributed by atoms with Gasteiger partial charge in [0.25, 0.3) is 0 Å². The minimum absolute atomic E-state index is 0.134. The smallest absolute Gasteiger partial charge is 0.410 e. The Morgan fingerprint density at radius 3 is 2.62 bits per heavy atom. The Morgan fingerprint density at radius 1 is 1.25 bits per heavy atom. The zero-order valence-corrected chi connectivity index (χ0v) is 14.8. The molecule has 4 nitrogen and oxygen atoms in total. The normalized spacial score (nSPS) is 18.1. The summed E-state index contributed by atoms with van der Waals surface area (Å²) in [6.45, 7) is 6.90. The van der Waals surface area contributed by atoms with Crippen molar-refractivity contribution in [2.75, 3.05) is 13.1 Å². The number of carbonyl (C=O) groups is 2. The van der Waals surface area contributed by atoms with Crippen molar-refractivity contribution in [3.63, 3.8) is 0 Å². The van der Waals surface area contributed by atoms with E-state index in [9.17, 15) is 9.59 Å². The van der Waals surface area contributed by atoms with Crippen molar-refractivity contribution in [3.05, 3.63) is 48.0 Å². The van der Waals surface area contributed by atoms with E-state index in [0.29, 0.717) is 19.5 Å². The van der Waals surface area contributed by atoms with Gasteiger partial charge in [0, 0.05) is 19.5 Å². The van der Waals surface area contributed by atoms with Crippen molar-refractivity contribution in [3.8, 4) is 0 Å². The number of benzene rings is 1. The maximum absolute atomic E-state index is 12.0. The van der Waals surface area contributed by atoms with Gasteiger partial charge < -0.3 is 9.64 Å². The maximum atomic E-state index is 12.0. The highest BCUT2D eigenvalue weighted by Crippen LogP contribution is 2.20. The van der Waals surface area contributed by atoms with Crippen molar-refractivity contribution in [1.29, 1.82) is 0 Å². The fraction of sp³-hybridized carbons (Fsp3) is 0.500. The lowest BCUT2D eigenvalue weighted by molar-refractivity contribution is -0.114. The summed E-state index contributed by atoms with van der Waals surface area (Å²) in [6, 6.07) is 10.0. The number of hydrogen-bond acceptors (Lipinski definition) is 3. The molecule has 1 fully saturated rings. The molecule has 24 heavy (non-hydrogen) atoms. The summed E-state index contributed by atoms with van der Waals surface area (Å²) in [4.78, 5) is 25.7. The summed E-state index contributed by atoms with van der Waals surface area (Å²) < 4.78 is 5.38. The molecule has 1 aromatic carbocycles. The van der Waals surface area contributed by atoms with Crippen molar-refractivity contribution in [1.82, 2.24) is 4.90 Å². The molecule has 4 heteroatoms. The van der Waals surface area contributed by atoms with Crippen molar-refractivity contribution in [2.45, 2.75) is 45.6 Å². The first-order chi connectivity index (χ1) is 11.3. The molecule has 0 saturated carbocycles.